The molecule has 4 aromatic rings. The van der Waals surface area contributed by atoms with Gasteiger partial charge in [-0.2, -0.15) is 4.99 Å². The minimum atomic E-state index is -0.477. The van der Waals surface area contributed by atoms with Crippen molar-refractivity contribution in [2.45, 2.75) is 13.5 Å². The summed E-state index contributed by atoms with van der Waals surface area (Å²) < 4.78 is 12.8. The number of aromatic nitrogens is 1. The van der Waals surface area contributed by atoms with Crippen molar-refractivity contribution >= 4 is 39.2 Å². The molecular formula is C26H22N2O5S. The zero-order valence-corrected chi connectivity index (χ0v) is 19.5. The second-order valence-electron chi connectivity index (χ2n) is 7.30. The summed E-state index contributed by atoms with van der Waals surface area (Å²) in [4.78, 5) is 42.4. The number of carbonyl (C=O) groups excluding carboxylic acids is 3. The zero-order valence-electron chi connectivity index (χ0n) is 18.7. The van der Waals surface area contributed by atoms with Crippen LogP contribution in [0, 0.1) is 0 Å². The van der Waals surface area contributed by atoms with Gasteiger partial charge < -0.3 is 14.0 Å². The Kier molecular flexibility index (Phi) is 6.98. The molecular weight excluding hydrogens is 452 g/mol. The van der Waals surface area contributed by atoms with Crippen LogP contribution in [0.4, 0.5) is 0 Å². The summed E-state index contributed by atoms with van der Waals surface area (Å²) in [7, 11) is 1.57. The van der Waals surface area contributed by atoms with Gasteiger partial charge in [0, 0.05) is 16.7 Å². The van der Waals surface area contributed by atoms with Crippen molar-refractivity contribution in [1.82, 2.24) is 4.57 Å². The summed E-state index contributed by atoms with van der Waals surface area (Å²) in [6.07, 6.45) is 0. The first-order chi connectivity index (χ1) is 16.5. The third-order valence-corrected chi connectivity index (χ3v) is 6.15. The molecule has 0 radical (unpaired) electrons. The maximum absolute atomic E-state index is 12.9. The fourth-order valence-corrected chi connectivity index (χ4v) is 4.48. The minimum absolute atomic E-state index is 0.0726. The summed E-state index contributed by atoms with van der Waals surface area (Å²) in [5.41, 5.74) is 2.14. The van der Waals surface area contributed by atoms with E-state index in [0.29, 0.717) is 27.2 Å². The molecule has 3 aromatic carbocycles. The lowest BCUT2D eigenvalue weighted by molar-refractivity contribution is -0.143. The van der Waals surface area contributed by atoms with Crippen molar-refractivity contribution in [3.8, 4) is 5.75 Å². The molecule has 0 aliphatic carbocycles. The second-order valence-corrected chi connectivity index (χ2v) is 8.31. The van der Waals surface area contributed by atoms with Gasteiger partial charge in [0.15, 0.2) is 10.6 Å². The van der Waals surface area contributed by atoms with Crippen molar-refractivity contribution in [3.05, 3.63) is 94.3 Å². The fraction of sp³-hybridized carbons (Fsp3) is 0.154. The number of hydrogen-bond acceptors (Lipinski definition) is 6. The van der Waals surface area contributed by atoms with Gasteiger partial charge in [-0.25, -0.2) is 0 Å². The van der Waals surface area contributed by atoms with Crippen LogP contribution in [0.1, 0.15) is 33.2 Å². The van der Waals surface area contributed by atoms with Crippen LogP contribution in [0.3, 0.4) is 0 Å². The number of hydrogen-bond donors (Lipinski definition) is 0. The van der Waals surface area contributed by atoms with Crippen LogP contribution in [0.5, 0.6) is 5.75 Å². The van der Waals surface area contributed by atoms with E-state index in [-0.39, 0.29) is 18.9 Å². The first-order valence-electron chi connectivity index (χ1n) is 10.6. The number of ketones is 1. The Balaban J connectivity index is 1.68. The average Bonchev–Trinajstić information content (AvgIpc) is 3.19. The van der Waals surface area contributed by atoms with Crippen LogP contribution in [-0.2, 0) is 16.1 Å². The van der Waals surface area contributed by atoms with Crippen molar-refractivity contribution in [2.75, 3.05) is 13.7 Å². The van der Waals surface area contributed by atoms with Crippen molar-refractivity contribution in [1.29, 1.82) is 0 Å². The van der Waals surface area contributed by atoms with Gasteiger partial charge in [0.1, 0.15) is 12.3 Å². The Morgan fingerprint density at radius 2 is 1.59 bits per heavy atom. The molecule has 0 atom stereocenters. The SMILES string of the molecule is CCOC(=O)Cn1c(=NC(=O)c2ccc(C(=O)c3ccccc3)cc2)sc2cc(OC)ccc21. The van der Waals surface area contributed by atoms with Gasteiger partial charge >= 0.3 is 5.97 Å². The monoisotopic (exact) mass is 474 g/mol. The predicted molar refractivity (Wildman–Crippen MR) is 129 cm³/mol. The highest BCUT2D eigenvalue weighted by atomic mass is 32.1. The van der Waals surface area contributed by atoms with E-state index in [1.807, 2.05) is 18.2 Å². The average molecular weight is 475 g/mol. The normalized spacial score (nSPS) is 11.4. The summed E-state index contributed by atoms with van der Waals surface area (Å²) in [5.74, 6) is -0.360. The third kappa shape index (κ3) is 4.97. The predicted octanol–water partition coefficient (Wildman–Crippen LogP) is 4.25. The summed E-state index contributed by atoms with van der Waals surface area (Å²) >= 11 is 1.28. The molecule has 0 saturated carbocycles. The number of rotatable bonds is 7. The molecule has 0 unspecified atom stereocenters. The Morgan fingerprint density at radius 1 is 0.912 bits per heavy atom. The number of methoxy groups -OCH3 is 1. The third-order valence-electron chi connectivity index (χ3n) is 5.11. The number of thiazole rings is 1. The van der Waals surface area contributed by atoms with E-state index in [0.717, 1.165) is 10.2 Å². The summed E-state index contributed by atoms with van der Waals surface area (Å²) in [6.45, 7) is 1.92. The topological polar surface area (TPSA) is 87.0 Å². The van der Waals surface area contributed by atoms with Crippen molar-refractivity contribution in [3.63, 3.8) is 0 Å². The summed E-state index contributed by atoms with van der Waals surface area (Å²) in [6, 6.07) is 20.7. The largest absolute Gasteiger partial charge is 0.497 e. The summed E-state index contributed by atoms with van der Waals surface area (Å²) in [5, 5.41) is 0. The number of amides is 1. The van der Waals surface area contributed by atoms with Crippen LogP contribution in [0.25, 0.3) is 10.2 Å². The van der Waals surface area contributed by atoms with Crippen LogP contribution in [-0.4, -0.2) is 35.9 Å². The smallest absolute Gasteiger partial charge is 0.326 e. The van der Waals surface area contributed by atoms with Crippen LogP contribution >= 0.6 is 11.3 Å². The molecule has 0 aliphatic heterocycles. The molecule has 0 bridgehead atoms. The number of nitrogens with zero attached hydrogens (tertiary/aromatic N) is 2. The highest BCUT2D eigenvalue weighted by Gasteiger charge is 2.14. The van der Waals surface area contributed by atoms with Gasteiger partial charge in [-0.1, -0.05) is 53.8 Å². The van der Waals surface area contributed by atoms with Gasteiger partial charge in [0.25, 0.3) is 5.91 Å². The molecule has 1 heterocycles. The van der Waals surface area contributed by atoms with Crippen molar-refractivity contribution < 1.29 is 23.9 Å². The molecule has 7 nitrogen and oxygen atoms in total. The quantitative estimate of drug-likeness (QED) is 0.295. The number of benzene rings is 3. The molecule has 0 aliphatic rings. The van der Waals surface area contributed by atoms with Gasteiger partial charge in [-0.05, 0) is 37.3 Å². The molecule has 34 heavy (non-hydrogen) atoms. The maximum Gasteiger partial charge on any atom is 0.326 e. The molecule has 1 amide bonds. The Labute approximate surface area is 199 Å². The van der Waals surface area contributed by atoms with E-state index in [2.05, 4.69) is 4.99 Å². The van der Waals surface area contributed by atoms with E-state index in [1.165, 1.54) is 11.3 Å². The lowest BCUT2D eigenvalue weighted by atomic mass is 10.0. The molecule has 8 heteroatoms. The lowest BCUT2D eigenvalue weighted by Gasteiger charge is -2.06. The molecule has 0 N–H and O–H groups in total. The van der Waals surface area contributed by atoms with E-state index >= 15 is 0 Å². The highest BCUT2D eigenvalue weighted by Crippen LogP contribution is 2.23. The molecule has 0 fully saturated rings. The first-order valence-corrected chi connectivity index (χ1v) is 11.4. The van der Waals surface area contributed by atoms with E-state index < -0.39 is 11.9 Å². The lowest BCUT2D eigenvalue weighted by Crippen LogP contribution is -2.23. The first kappa shape index (κ1) is 23.1. The Bertz CT molecular complexity index is 1420. The molecule has 4 rings (SSSR count). The number of fused-ring (bicyclic) bond motifs is 1. The Morgan fingerprint density at radius 3 is 2.26 bits per heavy atom. The van der Waals surface area contributed by atoms with Gasteiger partial charge in [0.2, 0.25) is 0 Å². The number of esters is 1. The van der Waals surface area contributed by atoms with Crippen molar-refractivity contribution in [2.24, 2.45) is 4.99 Å². The zero-order chi connectivity index (χ0) is 24.1. The Hall–Kier alpha value is -4.04. The van der Waals surface area contributed by atoms with Gasteiger partial charge in [0.05, 0.1) is 23.9 Å². The fourth-order valence-electron chi connectivity index (χ4n) is 3.43. The van der Waals surface area contributed by atoms with Crippen LogP contribution in [0.2, 0.25) is 0 Å². The van der Waals surface area contributed by atoms with E-state index in [1.54, 1.807) is 73.2 Å². The highest BCUT2D eigenvalue weighted by molar-refractivity contribution is 7.16. The minimum Gasteiger partial charge on any atom is -0.497 e. The number of ether oxygens (including phenoxy) is 2. The second kappa shape index (κ2) is 10.3. The van der Waals surface area contributed by atoms with Gasteiger partial charge in [-0.15, -0.1) is 0 Å². The van der Waals surface area contributed by atoms with Gasteiger partial charge in [-0.3, -0.25) is 14.4 Å². The maximum atomic E-state index is 12.9. The molecule has 0 spiro atoms. The standard InChI is InChI=1S/C26H22N2O5S/c1-3-33-23(29)16-28-21-14-13-20(32-2)15-22(21)34-26(28)27-25(31)19-11-9-18(10-12-19)24(30)17-7-5-4-6-8-17/h4-15H,3,16H2,1-2H3. The van der Waals surface area contributed by atoms with E-state index in [9.17, 15) is 14.4 Å². The molecule has 172 valence electrons. The van der Waals surface area contributed by atoms with E-state index in [4.69, 9.17) is 9.47 Å². The van der Waals surface area contributed by atoms with Crippen LogP contribution in [0.15, 0.2) is 77.8 Å². The number of carbonyl (C=O) groups is 3. The van der Waals surface area contributed by atoms with Crippen LogP contribution < -0.4 is 9.54 Å². The molecule has 0 saturated heterocycles. The molecule has 1 aromatic heterocycles.